The Morgan fingerprint density at radius 3 is 1.77 bits per heavy atom. The van der Waals surface area contributed by atoms with Crippen molar-refractivity contribution in [1.82, 2.24) is 4.98 Å². The van der Waals surface area contributed by atoms with Gasteiger partial charge in [-0.05, 0) is 68.6 Å². The molecular formula is C28H49NO. The Morgan fingerprint density at radius 1 is 0.700 bits per heavy atom. The van der Waals surface area contributed by atoms with Gasteiger partial charge in [0.15, 0.2) is 0 Å². The van der Waals surface area contributed by atoms with E-state index < -0.39 is 0 Å². The van der Waals surface area contributed by atoms with E-state index in [0.29, 0.717) is 12.5 Å². The van der Waals surface area contributed by atoms with Crippen LogP contribution in [0.15, 0.2) is 36.7 Å². The fourth-order valence-corrected chi connectivity index (χ4v) is 4.25. The minimum absolute atomic E-state index is 0.317. The van der Waals surface area contributed by atoms with Crippen LogP contribution >= 0.6 is 0 Å². The molecule has 1 aromatic heterocycles. The van der Waals surface area contributed by atoms with Crippen molar-refractivity contribution in [3.05, 3.63) is 42.2 Å². The van der Waals surface area contributed by atoms with E-state index in [-0.39, 0.29) is 0 Å². The van der Waals surface area contributed by atoms with Crippen molar-refractivity contribution >= 4 is 0 Å². The lowest BCUT2D eigenvalue weighted by molar-refractivity contribution is 0.280. The zero-order valence-corrected chi connectivity index (χ0v) is 19.9. The molecular weight excluding hydrogens is 366 g/mol. The summed E-state index contributed by atoms with van der Waals surface area (Å²) in [6.45, 7) is 2.60. The number of aliphatic hydroxyl groups is 1. The molecule has 0 amide bonds. The van der Waals surface area contributed by atoms with Crippen LogP contribution < -0.4 is 0 Å². The normalized spacial score (nSPS) is 12.6. The molecule has 2 heteroatoms. The van der Waals surface area contributed by atoms with Crippen molar-refractivity contribution in [3.8, 4) is 0 Å². The number of rotatable bonds is 21. The molecule has 0 aliphatic heterocycles. The van der Waals surface area contributed by atoms with Crippen LogP contribution in [0.25, 0.3) is 0 Å². The summed E-state index contributed by atoms with van der Waals surface area (Å²) in [6, 6.07) is 4.34. The standard InChI is InChI=1S/C28H49NO/c1-2-3-4-5-6-7-8-9-10-11-12-13-14-15-16-17-20-27(21-18-19-26-30)28-22-24-29-25-23-28/h9-10,22-25,27,30H,2-8,11-21,26H2,1H3. The maximum atomic E-state index is 9.06. The largest absolute Gasteiger partial charge is 0.396 e. The van der Waals surface area contributed by atoms with Crippen LogP contribution in [0.4, 0.5) is 0 Å². The van der Waals surface area contributed by atoms with Gasteiger partial charge in [-0.3, -0.25) is 4.98 Å². The SMILES string of the molecule is CCCCCCCCC=CCCCCCCCCC(CCCCO)c1ccncc1. The summed E-state index contributed by atoms with van der Waals surface area (Å²) in [5, 5.41) is 9.06. The van der Waals surface area contributed by atoms with Crippen molar-refractivity contribution in [2.75, 3.05) is 6.61 Å². The van der Waals surface area contributed by atoms with Gasteiger partial charge in [-0.2, -0.15) is 0 Å². The molecule has 1 N–H and O–H groups in total. The second-order valence-corrected chi connectivity index (χ2v) is 8.92. The number of aliphatic hydroxyl groups excluding tert-OH is 1. The summed E-state index contributed by atoms with van der Waals surface area (Å²) in [5.41, 5.74) is 1.43. The highest BCUT2D eigenvalue weighted by atomic mass is 16.2. The molecule has 2 nitrogen and oxygen atoms in total. The Labute approximate surface area is 187 Å². The van der Waals surface area contributed by atoms with Crippen LogP contribution in [0.5, 0.6) is 0 Å². The van der Waals surface area contributed by atoms with Crippen LogP contribution in [0.2, 0.25) is 0 Å². The van der Waals surface area contributed by atoms with Gasteiger partial charge in [0.2, 0.25) is 0 Å². The van der Waals surface area contributed by atoms with Gasteiger partial charge in [0.05, 0.1) is 0 Å². The van der Waals surface area contributed by atoms with Crippen LogP contribution in [-0.4, -0.2) is 16.7 Å². The number of allylic oxidation sites excluding steroid dienone is 2. The number of pyridine rings is 1. The Hall–Kier alpha value is -1.15. The molecule has 0 aromatic carbocycles. The van der Waals surface area contributed by atoms with Gasteiger partial charge in [-0.15, -0.1) is 0 Å². The summed E-state index contributed by atoms with van der Waals surface area (Å²) in [5.74, 6) is 0.635. The Bertz CT molecular complexity index is 485. The maximum absolute atomic E-state index is 9.06. The molecule has 0 spiro atoms. The summed E-state index contributed by atoms with van der Waals surface area (Å²) in [4.78, 5) is 4.16. The van der Waals surface area contributed by atoms with E-state index in [4.69, 9.17) is 5.11 Å². The molecule has 1 atom stereocenters. The first-order chi connectivity index (χ1) is 14.9. The van der Waals surface area contributed by atoms with Gasteiger partial charge >= 0.3 is 0 Å². The van der Waals surface area contributed by atoms with Crippen LogP contribution in [0.3, 0.4) is 0 Å². The van der Waals surface area contributed by atoms with Crippen molar-refractivity contribution in [1.29, 1.82) is 0 Å². The molecule has 0 aliphatic rings. The van der Waals surface area contributed by atoms with Crippen molar-refractivity contribution in [2.24, 2.45) is 0 Å². The Morgan fingerprint density at radius 2 is 1.20 bits per heavy atom. The average molecular weight is 416 g/mol. The molecule has 30 heavy (non-hydrogen) atoms. The van der Waals surface area contributed by atoms with E-state index in [2.05, 4.69) is 36.2 Å². The van der Waals surface area contributed by atoms with Gasteiger partial charge < -0.3 is 5.11 Å². The lowest BCUT2D eigenvalue weighted by Gasteiger charge is -2.17. The molecule has 1 rings (SSSR count). The zero-order valence-electron chi connectivity index (χ0n) is 19.9. The van der Waals surface area contributed by atoms with Crippen molar-refractivity contribution < 1.29 is 5.11 Å². The predicted octanol–water partition coefficient (Wildman–Crippen LogP) is 8.76. The number of aromatic nitrogens is 1. The minimum Gasteiger partial charge on any atom is -0.396 e. The molecule has 172 valence electrons. The van der Waals surface area contributed by atoms with Gasteiger partial charge in [0, 0.05) is 19.0 Å². The maximum Gasteiger partial charge on any atom is 0.0431 e. The lowest BCUT2D eigenvalue weighted by Crippen LogP contribution is -2.00. The molecule has 0 radical (unpaired) electrons. The highest BCUT2D eigenvalue weighted by molar-refractivity contribution is 5.15. The van der Waals surface area contributed by atoms with Crippen molar-refractivity contribution in [2.45, 2.75) is 128 Å². The van der Waals surface area contributed by atoms with Gasteiger partial charge in [0.1, 0.15) is 0 Å². The number of unbranched alkanes of at least 4 members (excludes halogenated alkanes) is 13. The second kappa shape index (κ2) is 21.1. The highest BCUT2D eigenvalue weighted by Gasteiger charge is 2.10. The lowest BCUT2D eigenvalue weighted by atomic mass is 9.89. The first kappa shape index (κ1) is 26.9. The number of hydrogen-bond donors (Lipinski definition) is 1. The summed E-state index contributed by atoms with van der Waals surface area (Å²) in [7, 11) is 0. The first-order valence-electron chi connectivity index (χ1n) is 13.0. The summed E-state index contributed by atoms with van der Waals surface area (Å²) in [6.07, 6.45) is 32.3. The van der Waals surface area contributed by atoms with E-state index in [9.17, 15) is 0 Å². The third kappa shape index (κ3) is 15.7. The third-order valence-corrected chi connectivity index (χ3v) is 6.20. The molecule has 0 saturated heterocycles. The molecule has 0 fully saturated rings. The Balaban J connectivity index is 1.97. The molecule has 1 heterocycles. The van der Waals surface area contributed by atoms with Crippen LogP contribution in [0.1, 0.15) is 134 Å². The molecule has 0 bridgehead atoms. The molecule has 1 aromatic rings. The molecule has 0 aliphatic carbocycles. The monoisotopic (exact) mass is 415 g/mol. The fourth-order valence-electron chi connectivity index (χ4n) is 4.25. The first-order valence-corrected chi connectivity index (χ1v) is 13.0. The quantitative estimate of drug-likeness (QED) is 0.161. The smallest absolute Gasteiger partial charge is 0.0431 e. The second-order valence-electron chi connectivity index (χ2n) is 8.92. The molecule has 0 saturated carbocycles. The van der Waals surface area contributed by atoms with Gasteiger partial charge in [0.25, 0.3) is 0 Å². The third-order valence-electron chi connectivity index (χ3n) is 6.20. The zero-order chi connectivity index (χ0) is 21.5. The predicted molar refractivity (Wildman–Crippen MR) is 132 cm³/mol. The fraction of sp³-hybridized carbons (Fsp3) is 0.750. The Kier molecular flexibility index (Phi) is 18.9. The van der Waals surface area contributed by atoms with Crippen LogP contribution in [-0.2, 0) is 0 Å². The van der Waals surface area contributed by atoms with E-state index >= 15 is 0 Å². The van der Waals surface area contributed by atoms with E-state index in [1.807, 2.05) is 12.4 Å². The van der Waals surface area contributed by atoms with E-state index in [0.717, 1.165) is 12.8 Å². The molecule has 1 unspecified atom stereocenters. The minimum atomic E-state index is 0.317. The van der Waals surface area contributed by atoms with Gasteiger partial charge in [-0.1, -0.05) is 89.7 Å². The highest BCUT2D eigenvalue weighted by Crippen LogP contribution is 2.27. The van der Waals surface area contributed by atoms with Gasteiger partial charge in [-0.25, -0.2) is 0 Å². The van der Waals surface area contributed by atoms with Crippen LogP contribution in [0, 0.1) is 0 Å². The van der Waals surface area contributed by atoms with Crippen molar-refractivity contribution in [3.63, 3.8) is 0 Å². The number of nitrogens with zero attached hydrogens (tertiary/aromatic N) is 1. The summed E-state index contributed by atoms with van der Waals surface area (Å²) < 4.78 is 0. The summed E-state index contributed by atoms with van der Waals surface area (Å²) >= 11 is 0. The van der Waals surface area contributed by atoms with E-state index in [1.54, 1.807) is 0 Å². The number of hydrogen-bond acceptors (Lipinski definition) is 2. The van der Waals surface area contributed by atoms with E-state index in [1.165, 1.54) is 108 Å². The topological polar surface area (TPSA) is 33.1 Å². The average Bonchev–Trinajstić information content (AvgIpc) is 2.78.